The molecular weight excluding hydrogens is 442 g/mol. The van der Waals surface area contributed by atoms with Gasteiger partial charge in [-0.2, -0.15) is 5.26 Å². The summed E-state index contributed by atoms with van der Waals surface area (Å²) < 4.78 is 6.83. The van der Waals surface area contributed by atoms with Crippen LogP contribution in [0.3, 0.4) is 0 Å². The Kier molecular flexibility index (Phi) is 5.10. The first kappa shape index (κ1) is 18.9. The van der Waals surface area contributed by atoms with Crippen LogP contribution >= 0.6 is 27.7 Å². The standard InChI is InChI=1S/C19H16BrN5O2S/c20-13-2-4-16(23-9-13)17(26)24-14-3-1-11(8-21)15(7-14)19-12(5-6-27-19)10-28-18(22)25-19/h1-4,7,9,12H,5-6,10H2,(H2,22,25)(H,24,26)/t12-,19+/m0/s1. The summed E-state index contributed by atoms with van der Waals surface area (Å²) in [6.07, 6.45) is 2.40. The van der Waals surface area contributed by atoms with Gasteiger partial charge in [-0.15, -0.1) is 0 Å². The van der Waals surface area contributed by atoms with E-state index >= 15 is 0 Å². The molecule has 0 bridgehead atoms. The van der Waals surface area contributed by atoms with Gasteiger partial charge in [0.2, 0.25) is 0 Å². The van der Waals surface area contributed by atoms with E-state index in [4.69, 9.17) is 10.5 Å². The van der Waals surface area contributed by atoms with Gasteiger partial charge in [-0.3, -0.25) is 4.79 Å². The summed E-state index contributed by atoms with van der Waals surface area (Å²) in [6.45, 7) is 0.548. The van der Waals surface area contributed by atoms with E-state index in [1.54, 1.807) is 36.5 Å². The van der Waals surface area contributed by atoms with Crippen molar-refractivity contribution >= 4 is 44.5 Å². The lowest BCUT2D eigenvalue weighted by Gasteiger charge is -2.35. The highest BCUT2D eigenvalue weighted by Crippen LogP contribution is 2.48. The number of thioether (sulfide) groups is 1. The number of amidine groups is 1. The maximum absolute atomic E-state index is 12.5. The zero-order valence-corrected chi connectivity index (χ0v) is 17.1. The Morgan fingerprint density at radius 3 is 3.04 bits per heavy atom. The highest BCUT2D eigenvalue weighted by atomic mass is 79.9. The number of hydrogen-bond donors (Lipinski definition) is 2. The molecule has 1 aromatic heterocycles. The monoisotopic (exact) mass is 457 g/mol. The second kappa shape index (κ2) is 7.54. The van der Waals surface area contributed by atoms with Crippen LogP contribution in [-0.2, 0) is 10.5 Å². The van der Waals surface area contributed by atoms with Crippen molar-refractivity contribution in [3.05, 3.63) is 57.8 Å². The van der Waals surface area contributed by atoms with Crippen molar-refractivity contribution in [3.63, 3.8) is 0 Å². The number of amides is 1. The van der Waals surface area contributed by atoms with Crippen LogP contribution in [0.4, 0.5) is 5.69 Å². The minimum atomic E-state index is -0.975. The van der Waals surface area contributed by atoms with Crippen LogP contribution in [0.15, 0.2) is 46.0 Å². The minimum Gasteiger partial charge on any atom is -0.378 e. The lowest BCUT2D eigenvalue weighted by molar-refractivity contribution is -0.0145. The first-order valence-electron chi connectivity index (χ1n) is 8.61. The van der Waals surface area contributed by atoms with E-state index in [1.807, 2.05) is 0 Å². The van der Waals surface area contributed by atoms with Crippen LogP contribution in [0.5, 0.6) is 0 Å². The predicted octanol–water partition coefficient (Wildman–Crippen LogP) is 3.22. The number of halogens is 1. The molecule has 0 saturated carbocycles. The van der Waals surface area contributed by atoms with E-state index in [9.17, 15) is 10.1 Å². The number of aromatic nitrogens is 1. The number of nitrogens with zero attached hydrogens (tertiary/aromatic N) is 3. The molecule has 9 heteroatoms. The number of benzene rings is 1. The molecule has 1 saturated heterocycles. The number of pyridine rings is 1. The first-order valence-corrected chi connectivity index (χ1v) is 10.4. The van der Waals surface area contributed by atoms with Gasteiger partial charge in [-0.25, -0.2) is 9.98 Å². The fraction of sp³-hybridized carbons (Fsp3) is 0.263. The van der Waals surface area contributed by atoms with Gasteiger partial charge in [0.05, 0.1) is 18.2 Å². The average Bonchev–Trinajstić information content (AvgIpc) is 3.12. The van der Waals surface area contributed by atoms with E-state index in [0.717, 1.165) is 16.6 Å². The summed E-state index contributed by atoms with van der Waals surface area (Å²) in [5, 5.41) is 12.9. The van der Waals surface area contributed by atoms with Crippen LogP contribution in [-0.4, -0.2) is 28.4 Å². The molecule has 2 atom stereocenters. The molecule has 0 aliphatic carbocycles. The largest absolute Gasteiger partial charge is 0.378 e. The number of nitrogens with one attached hydrogen (secondary N) is 1. The molecule has 0 unspecified atom stereocenters. The quantitative estimate of drug-likeness (QED) is 0.730. The van der Waals surface area contributed by atoms with Gasteiger partial charge in [0.1, 0.15) is 5.69 Å². The van der Waals surface area contributed by atoms with Crippen molar-refractivity contribution in [1.29, 1.82) is 5.26 Å². The average molecular weight is 458 g/mol. The van der Waals surface area contributed by atoms with Gasteiger partial charge in [0, 0.05) is 33.6 Å². The van der Waals surface area contributed by atoms with Crippen LogP contribution in [0, 0.1) is 17.2 Å². The number of hydrogen-bond acceptors (Lipinski definition) is 7. The van der Waals surface area contributed by atoms with E-state index < -0.39 is 5.72 Å². The molecule has 142 valence electrons. The number of fused-ring (bicyclic) bond motifs is 1. The van der Waals surface area contributed by atoms with Crippen molar-refractivity contribution in [2.45, 2.75) is 12.1 Å². The number of carbonyl (C=O) groups is 1. The SMILES string of the molecule is N#Cc1ccc(NC(=O)c2ccc(Br)cn2)cc1[C@@]12N=C(N)SC[C@@H]1CCO2. The Hall–Kier alpha value is -2.41. The second-order valence-electron chi connectivity index (χ2n) is 6.48. The summed E-state index contributed by atoms with van der Waals surface area (Å²) in [5.74, 6) is 0.558. The van der Waals surface area contributed by atoms with Gasteiger partial charge >= 0.3 is 0 Å². The lowest BCUT2D eigenvalue weighted by atomic mass is 9.87. The number of rotatable bonds is 3. The molecule has 0 radical (unpaired) electrons. The van der Waals surface area contributed by atoms with E-state index in [-0.39, 0.29) is 11.8 Å². The van der Waals surface area contributed by atoms with Crippen molar-refractivity contribution in [2.75, 3.05) is 17.7 Å². The molecule has 7 nitrogen and oxygen atoms in total. The van der Waals surface area contributed by atoms with E-state index in [1.165, 1.54) is 11.8 Å². The second-order valence-corrected chi connectivity index (χ2v) is 8.44. The van der Waals surface area contributed by atoms with Gasteiger partial charge in [-0.05, 0) is 52.7 Å². The topological polar surface area (TPSA) is 113 Å². The third-order valence-corrected chi connectivity index (χ3v) is 6.22. The Morgan fingerprint density at radius 1 is 1.43 bits per heavy atom. The van der Waals surface area contributed by atoms with E-state index in [0.29, 0.717) is 34.3 Å². The van der Waals surface area contributed by atoms with Crippen molar-refractivity contribution in [2.24, 2.45) is 16.6 Å². The highest BCUT2D eigenvalue weighted by Gasteiger charge is 2.49. The smallest absolute Gasteiger partial charge is 0.274 e. The van der Waals surface area contributed by atoms with Gasteiger partial charge in [0.25, 0.3) is 5.91 Å². The molecule has 1 aromatic carbocycles. The van der Waals surface area contributed by atoms with Gasteiger partial charge in [0.15, 0.2) is 10.9 Å². The number of anilines is 1. The number of nitriles is 1. The van der Waals surface area contributed by atoms with Crippen molar-refractivity contribution in [3.8, 4) is 6.07 Å². The molecule has 3 N–H and O–H groups in total. The summed E-state index contributed by atoms with van der Waals surface area (Å²) in [6, 6.07) is 10.7. The molecular formula is C19H16BrN5O2S. The normalized spacial score (nSPS) is 23.4. The third-order valence-electron chi connectivity index (χ3n) is 4.79. The number of aliphatic imine (C=N–C) groups is 1. The van der Waals surface area contributed by atoms with Gasteiger partial charge in [-0.1, -0.05) is 11.8 Å². The Balaban J connectivity index is 1.71. The van der Waals surface area contributed by atoms with Crippen LogP contribution < -0.4 is 11.1 Å². The fourth-order valence-electron chi connectivity index (χ4n) is 3.45. The highest BCUT2D eigenvalue weighted by molar-refractivity contribution is 9.10. The van der Waals surface area contributed by atoms with Crippen LogP contribution in [0.25, 0.3) is 0 Å². The summed E-state index contributed by atoms with van der Waals surface area (Å²) in [7, 11) is 0. The summed E-state index contributed by atoms with van der Waals surface area (Å²) in [4.78, 5) is 21.2. The van der Waals surface area contributed by atoms with Gasteiger partial charge < -0.3 is 15.8 Å². The number of carbonyl (C=O) groups excluding carboxylic acids is 1. The maximum Gasteiger partial charge on any atom is 0.274 e. The molecule has 28 heavy (non-hydrogen) atoms. The zero-order chi connectivity index (χ0) is 19.7. The molecule has 0 spiro atoms. The summed E-state index contributed by atoms with van der Waals surface area (Å²) in [5.41, 5.74) is 6.92. The molecule has 1 fully saturated rings. The molecule has 4 rings (SSSR count). The predicted molar refractivity (Wildman–Crippen MR) is 111 cm³/mol. The number of nitrogens with two attached hydrogens (primary N) is 1. The first-order chi connectivity index (χ1) is 13.5. The Labute approximate surface area is 174 Å². The van der Waals surface area contributed by atoms with E-state index in [2.05, 4.69) is 37.3 Å². The summed E-state index contributed by atoms with van der Waals surface area (Å²) >= 11 is 4.80. The maximum atomic E-state index is 12.5. The Bertz CT molecular complexity index is 1000. The fourth-order valence-corrected chi connectivity index (χ4v) is 4.65. The Morgan fingerprint density at radius 2 is 2.29 bits per heavy atom. The third kappa shape index (κ3) is 3.39. The van der Waals surface area contributed by atoms with Crippen LogP contribution in [0.2, 0.25) is 0 Å². The van der Waals surface area contributed by atoms with Crippen molar-refractivity contribution in [1.82, 2.24) is 4.98 Å². The molecule has 2 aromatic rings. The molecule has 2 aliphatic rings. The zero-order valence-electron chi connectivity index (χ0n) is 14.7. The molecule has 1 amide bonds. The van der Waals surface area contributed by atoms with Crippen LogP contribution in [0.1, 0.15) is 28.0 Å². The number of ether oxygens (including phenoxy) is 1. The lowest BCUT2D eigenvalue weighted by Crippen LogP contribution is -2.38. The molecule has 2 aliphatic heterocycles. The van der Waals surface area contributed by atoms with Crippen molar-refractivity contribution < 1.29 is 9.53 Å². The minimum absolute atomic E-state index is 0.121. The molecule has 3 heterocycles.